The Bertz CT molecular complexity index is 1230. The number of carbonyl (C=O) groups is 1. The van der Waals surface area contributed by atoms with Crippen LogP contribution >= 0.6 is 0 Å². The molecule has 0 saturated heterocycles. The Morgan fingerprint density at radius 2 is 1.87 bits per heavy atom. The number of hydrogen-bond donors (Lipinski definition) is 1. The lowest BCUT2D eigenvalue weighted by Crippen LogP contribution is -2.28. The van der Waals surface area contributed by atoms with Crippen molar-refractivity contribution in [1.29, 1.82) is 0 Å². The highest BCUT2D eigenvalue weighted by molar-refractivity contribution is 7.91. The van der Waals surface area contributed by atoms with Gasteiger partial charge >= 0.3 is 0 Å². The van der Waals surface area contributed by atoms with Crippen LogP contribution < -0.4 is 5.43 Å². The zero-order chi connectivity index (χ0) is 22.2. The summed E-state index contributed by atoms with van der Waals surface area (Å²) < 4.78 is 39.7. The first-order valence-electron chi connectivity index (χ1n) is 9.93. The topological polar surface area (TPSA) is 88.0 Å². The van der Waals surface area contributed by atoms with Crippen LogP contribution in [0.15, 0.2) is 67.9 Å². The van der Waals surface area contributed by atoms with E-state index in [0.717, 1.165) is 5.56 Å². The Balaban J connectivity index is 1.45. The summed E-state index contributed by atoms with van der Waals surface area (Å²) >= 11 is 0. The van der Waals surface area contributed by atoms with Gasteiger partial charge in [0.25, 0.3) is 0 Å². The lowest BCUT2D eigenvalue weighted by molar-refractivity contribution is -0.115. The summed E-state index contributed by atoms with van der Waals surface area (Å²) in [5.74, 6) is -0.454. The van der Waals surface area contributed by atoms with E-state index in [1.54, 1.807) is 31.5 Å². The van der Waals surface area contributed by atoms with Gasteiger partial charge in [-0.25, -0.2) is 12.8 Å². The number of Topliss-reactive ketones (excluding diaryl/α,β-unsaturated/α-hetero) is 1. The second kappa shape index (κ2) is 8.19. The molecule has 0 aromatic heterocycles. The number of halogens is 1. The second-order valence-electron chi connectivity index (χ2n) is 7.77. The normalized spacial score (nSPS) is 19.6. The molecular formula is C23H22FN3O3S. The van der Waals surface area contributed by atoms with Gasteiger partial charge in [0.15, 0.2) is 5.78 Å². The van der Waals surface area contributed by atoms with Crippen molar-refractivity contribution in [2.24, 2.45) is 16.0 Å². The number of nitrogens with one attached hydrogen (secondary N) is 1. The quantitative estimate of drug-likeness (QED) is 0.700. The predicted octanol–water partition coefficient (Wildman–Crippen LogP) is 3.32. The van der Waals surface area contributed by atoms with Crippen molar-refractivity contribution in [2.75, 3.05) is 0 Å². The van der Waals surface area contributed by atoms with Crippen molar-refractivity contribution >= 4 is 28.0 Å². The van der Waals surface area contributed by atoms with Gasteiger partial charge in [0.2, 0.25) is 9.84 Å². The number of aryl methyl sites for hydroxylation is 3. The summed E-state index contributed by atoms with van der Waals surface area (Å²) in [4.78, 5) is 17.0. The average Bonchev–Trinajstić information content (AvgIpc) is 3.22. The lowest BCUT2D eigenvalue weighted by Gasteiger charge is -2.16. The molecule has 6 nitrogen and oxygen atoms in total. The molecule has 0 spiro atoms. The molecule has 8 heteroatoms. The van der Waals surface area contributed by atoms with Crippen LogP contribution in [-0.2, 0) is 21.1 Å². The minimum Gasteiger partial charge on any atom is -0.294 e. The van der Waals surface area contributed by atoms with Crippen molar-refractivity contribution in [1.82, 2.24) is 5.43 Å². The van der Waals surface area contributed by atoms with Crippen LogP contribution in [0.3, 0.4) is 0 Å². The Morgan fingerprint density at radius 3 is 2.61 bits per heavy atom. The molecule has 160 valence electrons. The number of nitrogens with zero attached hydrogens (tertiary/aromatic N) is 2. The standard InChI is InChI=1S/C23H22FN3O3S/c1-14-10-22(15(2)9-20(14)24)31(29,30)19-6-3-16(4-7-19)5-8-21(28)17-11-18-13-26-27-23(18)25-12-17/h3-4,6-7,9-13,18,23,27H,5,8H2,1-2H3. The van der Waals surface area contributed by atoms with E-state index in [4.69, 9.17) is 0 Å². The molecule has 0 radical (unpaired) electrons. The van der Waals surface area contributed by atoms with E-state index in [1.165, 1.54) is 31.2 Å². The molecule has 0 amide bonds. The number of allylic oxidation sites excluding steroid dienone is 1. The van der Waals surface area contributed by atoms with Gasteiger partial charge in [-0.05, 0) is 61.2 Å². The Labute approximate surface area is 180 Å². The smallest absolute Gasteiger partial charge is 0.206 e. The molecule has 2 heterocycles. The molecule has 2 aromatic rings. The molecule has 0 saturated carbocycles. The SMILES string of the molecule is Cc1cc(S(=O)(=O)c2ccc(CCC(=O)C3=CC4C=NNC4N=C3)cc2)c(C)cc1F. The van der Waals surface area contributed by atoms with Crippen LogP contribution in [0.25, 0.3) is 0 Å². The van der Waals surface area contributed by atoms with Crippen molar-refractivity contribution in [3.8, 4) is 0 Å². The fourth-order valence-corrected chi connectivity index (χ4v) is 5.19. The maximum Gasteiger partial charge on any atom is 0.206 e. The lowest BCUT2D eigenvalue weighted by atomic mass is 9.97. The number of carbonyl (C=O) groups excluding carboxylic acids is 1. The summed E-state index contributed by atoms with van der Waals surface area (Å²) in [5.41, 5.74) is 4.93. The highest BCUT2D eigenvalue weighted by Gasteiger charge is 2.26. The summed E-state index contributed by atoms with van der Waals surface area (Å²) in [6.45, 7) is 3.12. The molecule has 1 N–H and O–H groups in total. The van der Waals surface area contributed by atoms with Gasteiger partial charge in [-0.1, -0.05) is 18.2 Å². The highest BCUT2D eigenvalue weighted by atomic mass is 32.2. The third-order valence-corrected chi connectivity index (χ3v) is 7.42. The fourth-order valence-electron chi connectivity index (χ4n) is 3.62. The molecule has 2 aliphatic rings. The number of hydrazone groups is 1. The molecule has 2 aliphatic heterocycles. The number of benzene rings is 2. The van der Waals surface area contributed by atoms with Gasteiger partial charge in [-0.2, -0.15) is 5.10 Å². The Hall–Kier alpha value is -3.13. The molecular weight excluding hydrogens is 417 g/mol. The third-order valence-electron chi connectivity index (χ3n) is 5.51. The van der Waals surface area contributed by atoms with E-state index in [-0.39, 0.29) is 33.2 Å². The minimum atomic E-state index is -3.76. The predicted molar refractivity (Wildman–Crippen MR) is 117 cm³/mol. The first-order valence-corrected chi connectivity index (χ1v) is 11.4. The van der Waals surface area contributed by atoms with Crippen LogP contribution in [0.2, 0.25) is 0 Å². The van der Waals surface area contributed by atoms with E-state index in [0.29, 0.717) is 24.0 Å². The Morgan fingerprint density at radius 1 is 1.13 bits per heavy atom. The molecule has 0 bridgehead atoms. The first-order chi connectivity index (χ1) is 14.8. The van der Waals surface area contributed by atoms with E-state index in [9.17, 15) is 17.6 Å². The van der Waals surface area contributed by atoms with Gasteiger partial charge in [0.1, 0.15) is 12.0 Å². The highest BCUT2D eigenvalue weighted by Crippen LogP contribution is 2.27. The van der Waals surface area contributed by atoms with Gasteiger partial charge in [-0.15, -0.1) is 0 Å². The van der Waals surface area contributed by atoms with E-state index >= 15 is 0 Å². The van der Waals surface area contributed by atoms with Crippen LogP contribution in [0, 0.1) is 25.6 Å². The second-order valence-corrected chi connectivity index (χ2v) is 9.69. The van der Waals surface area contributed by atoms with Crippen molar-refractivity contribution in [3.05, 3.63) is 70.6 Å². The summed E-state index contributed by atoms with van der Waals surface area (Å²) in [7, 11) is -3.76. The van der Waals surface area contributed by atoms with Crippen LogP contribution in [-0.4, -0.2) is 32.8 Å². The summed E-state index contributed by atoms with van der Waals surface area (Å²) in [6.07, 6.45) is 5.83. The van der Waals surface area contributed by atoms with Crippen LogP contribution in [0.5, 0.6) is 0 Å². The molecule has 4 rings (SSSR count). The number of fused-ring (bicyclic) bond motifs is 1. The van der Waals surface area contributed by atoms with Crippen molar-refractivity contribution in [2.45, 2.75) is 42.6 Å². The minimum absolute atomic E-state index is 0.00741. The molecule has 2 aromatic carbocycles. The van der Waals surface area contributed by atoms with Crippen molar-refractivity contribution in [3.63, 3.8) is 0 Å². The number of hydrogen-bond acceptors (Lipinski definition) is 6. The van der Waals surface area contributed by atoms with Gasteiger partial charge in [0, 0.05) is 24.4 Å². The summed E-state index contributed by atoms with van der Waals surface area (Å²) in [6, 6.07) is 9.07. The number of sulfone groups is 1. The van der Waals surface area contributed by atoms with Gasteiger partial charge < -0.3 is 0 Å². The molecule has 2 unspecified atom stereocenters. The van der Waals surface area contributed by atoms with Crippen molar-refractivity contribution < 1.29 is 17.6 Å². The number of rotatable bonds is 6. The summed E-state index contributed by atoms with van der Waals surface area (Å²) in [5, 5.41) is 3.97. The maximum absolute atomic E-state index is 13.7. The number of aliphatic imine (C=N–C) groups is 1. The zero-order valence-corrected chi connectivity index (χ0v) is 18.0. The maximum atomic E-state index is 13.7. The van der Waals surface area contributed by atoms with E-state index in [2.05, 4.69) is 15.5 Å². The molecule has 0 fully saturated rings. The first kappa shape index (κ1) is 21.1. The van der Waals surface area contributed by atoms with E-state index in [1.807, 2.05) is 6.08 Å². The zero-order valence-electron chi connectivity index (χ0n) is 17.2. The van der Waals surface area contributed by atoms with Crippen LogP contribution in [0.4, 0.5) is 4.39 Å². The largest absolute Gasteiger partial charge is 0.294 e. The molecule has 2 atom stereocenters. The average molecular weight is 440 g/mol. The molecule has 0 aliphatic carbocycles. The van der Waals surface area contributed by atoms with Crippen LogP contribution in [0.1, 0.15) is 23.1 Å². The Kier molecular flexibility index (Phi) is 5.58. The number of dihydropyridines is 1. The van der Waals surface area contributed by atoms with Gasteiger partial charge in [0.05, 0.1) is 15.7 Å². The van der Waals surface area contributed by atoms with Gasteiger partial charge in [-0.3, -0.25) is 15.2 Å². The molecule has 31 heavy (non-hydrogen) atoms. The fraction of sp³-hybridized carbons (Fsp3) is 0.261. The number of ketones is 1. The monoisotopic (exact) mass is 439 g/mol. The van der Waals surface area contributed by atoms with E-state index < -0.39 is 15.7 Å². The third kappa shape index (κ3) is 4.20.